The van der Waals surface area contributed by atoms with E-state index in [0.717, 1.165) is 18.0 Å². The van der Waals surface area contributed by atoms with Crippen LogP contribution in [0.2, 0.25) is 0 Å². The molecule has 1 saturated heterocycles. The van der Waals surface area contributed by atoms with Crippen LogP contribution in [0.1, 0.15) is 30.6 Å². The SMILES string of the molecule is COC(=O)c1ccc2c(c1)NC(=O)C(N1CC(C)CC(C)C1)S2. The molecule has 6 heteroatoms. The maximum atomic E-state index is 12.5. The number of amides is 1. The Balaban J connectivity index is 1.81. The molecule has 5 nitrogen and oxygen atoms in total. The highest BCUT2D eigenvalue weighted by Gasteiger charge is 2.35. The highest BCUT2D eigenvalue weighted by Crippen LogP contribution is 2.39. The van der Waals surface area contributed by atoms with Crippen LogP contribution in [0.4, 0.5) is 5.69 Å². The minimum atomic E-state index is -0.396. The van der Waals surface area contributed by atoms with E-state index in [1.54, 1.807) is 23.9 Å². The Morgan fingerprint density at radius 1 is 1.30 bits per heavy atom. The molecule has 0 aromatic heterocycles. The fourth-order valence-electron chi connectivity index (χ4n) is 3.49. The molecule has 0 saturated carbocycles. The van der Waals surface area contributed by atoms with Crippen LogP contribution in [-0.2, 0) is 9.53 Å². The summed E-state index contributed by atoms with van der Waals surface area (Å²) in [6.45, 7) is 6.38. The lowest BCUT2D eigenvalue weighted by molar-refractivity contribution is -0.119. The molecule has 23 heavy (non-hydrogen) atoms. The first-order valence-electron chi connectivity index (χ1n) is 7.92. The summed E-state index contributed by atoms with van der Waals surface area (Å²) in [5, 5.41) is 2.75. The van der Waals surface area contributed by atoms with E-state index in [0.29, 0.717) is 23.1 Å². The van der Waals surface area contributed by atoms with Gasteiger partial charge >= 0.3 is 5.97 Å². The van der Waals surface area contributed by atoms with Crippen molar-refractivity contribution in [2.75, 3.05) is 25.5 Å². The number of hydrogen-bond acceptors (Lipinski definition) is 5. The summed E-state index contributed by atoms with van der Waals surface area (Å²) in [5.74, 6) is 0.809. The van der Waals surface area contributed by atoms with Crippen molar-refractivity contribution in [2.24, 2.45) is 11.8 Å². The molecule has 1 aromatic carbocycles. The first-order chi connectivity index (χ1) is 11.0. The maximum Gasteiger partial charge on any atom is 0.337 e. The summed E-state index contributed by atoms with van der Waals surface area (Å²) in [7, 11) is 1.35. The topological polar surface area (TPSA) is 58.6 Å². The molecule has 3 rings (SSSR count). The zero-order valence-electron chi connectivity index (χ0n) is 13.7. The Bertz CT molecular complexity index is 624. The number of rotatable bonds is 2. The predicted molar refractivity (Wildman–Crippen MR) is 90.6 cm³/mol. The van der Waals surface area contributed by atoms with E-state index >= 15 is 0 Å². The molecular formula is C17H22N2O3S. The third-order valence-electron chi connectivity index (χ3n) is 4.35. The average molecular weight is 334 g/mol. The van der Waals surface area contributed by atoms with Crippen molar-refractivity contribution in [3.63, 3.8) is 0 Å². The number of ether oxygens (including phenoxy) is 1. The summed E-state index contributed by atoms with van der Waals surface area (Å²) < 4.78 is 4.73. The summed E-state index contributed by atoms with van der Waals surface area (Å²) in [6, 6.07) is 5.31. The van der Waals surface area contributed by atoms with Gasteiger partial charge in [-0.05, 0) is 36.5 Å². The summed E-state index contributed by atoms with van der Waals surface area (Å²) in [4.78, 5) is 27.4. The molecule has 2 heterocycles. The van der Waals surface area contributed by atoms with E-state index in [1.807, 2.05) is 6.07 Å². The Morgan fingerprint density at radius 2 is 2.00 bits per heavy atom. The first kappa shape index (κ1) is 16.3. The highest BCUT2D eigenvalue weighted by molar-refractivity contribution is 8.00. The molecule has 1 aromatic rings. The molecule has 3 unspecified atom stereocenters. The van der Waals surface area contributed by atoms with Crippen LogP contribution in [-0.4, -0.2) is 42.3 Å². The highest BCUT2D eigenvalue weighted by atomic mass is 32.2. The molecule has 0 radical (unpaired) electrons. The molecule has 2 aliphatic heterocycles. The van der Waals surface area contributed by atoms with Crippen molar-refractivity contribution in [2.45, 2.75) is 30.5 Å². The number of nitrogens with one attached hydrogen (secondary N) is 1. The van der Waals surface area contributed by atoms with Gasteiger partial charge in [-0.15, -0.1) is 0 Å². The quantitative estimate of drug-likeness (QED) is 0.843. The van der Waals surface area contributed by atoms with E-state index in [2.05, 4.69) is 24.1 Å². The van der Waals surface area contributed by atoms with Crippen molar-refractivity contribution >= 4 is 29.3 Å². The van der Waals surface area contributed by atoms with E-state index in [4.69, 9.17) is 4.74 Å². The molecule has 1 amide bonds. The number of methoxy groups -OCH3 is 1. The van der Waals surface area contributed by atoms with Gasteiger partial charge < -0.3 is 10.1 Å². The monoisotopic (exact) mass is 334 g/mol. The molecule has 3 atom stereocenters. The lowest BCUT2D eigenvalue weighted by atomic mass is 9.92. The Morgan fingerprint density at radius 3 is 2.65 bits per heavy atom. The predicted octanol–water partition coefficient (Wildman–Crippen LogP) is 2.82. The summed E-state index contributed by atoms with van der Waals surface area (Å²) in [6.07, 6.45) is 1.22. The van der Waals surface area contributed by atoms with Crippen LogP contribution >= 0.6 is 11.8 Å². The van der Waals surface area contributed by atoms with Gasteiger partial charge in [-0.3, -0.25) is 9.69 Å². The number of likely N-dealkylation sites (tertiary alicyclic amines) is 1. The molecule has 0 spiro atoms. The summed E-state index contributed by atoms with van der Waals surface area (Å²) >= 11 is 1.57. The zero-order valence-corrected chi connectivity index (χ0v) is 14.5. The number of carbonyl (C=O) groups excluding carboxylic acids is 2. The van der Waals surface area contributed by atoms with Crippen molar-refractivity contribution in [3.8, 4) is 0 Å². The van der Waals surface area contributed by atoms with Gasteiger partial charge in [-0.1, -0.05) is 25.6 Å². The normalized spacial score (nSPS) is 28.0. The van der Waals surface area contributed by atoms with E-state index < -0.39 is 5.97 Å². The number of hydrogen-bond donors (Lipinski definition) is 1. The standard InChI is InChI=1S/C17H22N2O3S/c1-10-6-11(2)9-19(8-10)16-15(20)18-13-7-12(17(21)22-3)4-5-14(13)23-16/h4-5,7,10-11,16H,6,8-9H2,1-3H3,(H,18,20). The van der Waals surface area contributed by atoms with Crippen molar-refractivity contribution in [1.29, 1.82) is 0 Å². The number of anilines is 1. The second kappa shape index (κ2) is 6.53. The molecule has 124 valence electrons. The van der Waals surface area contributed by atoms with Gasteiger partial charge in [0.2, 0.25) is 0 Å². The molecule has 0 bridgehead atoms. The number of nitrogens with zero attached hydrogens (tertiary/aromatic N) is 1. The Labute approximate surface area is 140 Å². The Hall–Kier alpha value is -1.53. The zero-order chi connectivity index (χ0) is 16.6. The molecule has 1 N–H and O–H groups in total. The Kier molecular flexibility index (Phi) is 4.64. The lowest BCUT2D eigenvalue weighted by Gasteiger charge is -2.40. The van der Waals surface area contributed by atoms with Crippen LogP contribution in [0, 0.1) is 11.8 Å². The molecule has 0 aliphatic carbocycles. The second-order valence-electron chi connectivity index (χ2n) is 6.56. The molecule has 2 aliphatic rings. The van der Waals surface area contributed by atoms with E-state index in [-0.39, 0.29) is 11.3 Å². The fourth-order valence-corrected chi connectivity index (χ4v) is 4.60. The van der Waals surface area contributed by atoms with Gasteiger partial charge in [-0.2, -0.15) is 0 Å². The third kappa shape index (κ3) is 3.38. The molecular weight excluding hydrogens is 312 g/mol. The van der Waals surface area contributed by atoms with Crippen LogP contribution in [0.5, 0.6) is 0 Å². The third-order valence-corrected chi connectivity index (χ3v) is 5.70. The molecule has 1 fully saturated rings. The first-order valence-corrected chi connectivity index (χ1v) is 8.80. The minimum absolute atomic E-state index is 0.00850. The number of piperidine rings is 1. The van der Waals surface area contributed by atoms with Crippen molar-refractivity contribution < 1.29 is 14.3 Å². The van der Waals surface area contributed by atoms with Gasteiger partial charge in [0.05, 0.1) is 18.4 Å². The van der Waals surface area contributed by atoms with Crippen molar-refractivity contribution in [3.05, 3.63) is 23.8 Å². The van der Waals surface area contributed by atoms with Gasteiger partial charge in [0.15, 0.2) is 0 Å². The van der Waals surface area contributed by atoms with Crippen LogP contribution in [0.3, 0.4) is 0 Å². The fraction of sp³-hybridized carbons (Fsp3) is 0.529. The largest absolute Gasteiger partial charge is 0.465 e. The number of fused-ring (bicyclic) bond motifs is 1. The number of thioether (sulfide) groups is 1. The summed E-state index contributed by atoms with van der Waals surface area (Å²) in [5.41, 5.74) is 1.14. The van der Waals surface area contributed by atoms with Crippen LogP contribution in [0.15, 0.2) is 23.1 Å². The van der Waals surface area contributed by atoms with Gasteiger partial charge in [0.1, 0.15) is 5.37 Å². The van der Waals surface area contributed by atoms with E-state index in [9.17, 15) is 9.59 Å². The van der Waals surface area contributed by atoms with Crippen LogP contribution < -0.4 is 5.32 Å². The average Bonchev–Trinajstić information content (AvgIpc) is 2.51. The number of carbonyl (C=O) groups is 2. The van der Waals surface area contributed by atoms with Crippen molar-refractivity contribution in [1.82, 2.24) is 4.90 Å². The minimum Gasteiger partial charge on any atom is -0.465 e. The second-order valence-corrected chi connectivity index (χ2v) is 7.68. The van der Waals surface area contributed by atoms with Gasteiger partial charge in [0.25, 0.3) is 5.91 Å². The van der Waals surface area contributed by atoms with E-state index in [1.165, 1.54) is 13.5 Å². The van der Waals surface area contributed by atoms with Gasteiger partial charge in [-0.25, -0.2) is 4.79 Å². The lowest BCUT2D eigenvalue weighted by Crippen LogP contribution is -2.49. The van der Waals surface area contributed by atoms with Crippen LogP contribution in [0.25, 0.3) is 0 Å². The maximum absolute atomic E-state index is 12.5. The van der Waals surface area contributed by atoms with Gasteiger partial charge in [0, 0.05) is 18.0 Å². The smallest absolute Gasteiger partial charge is 0.337 e. The number of benzene rings is 1. The number of esters is 1.